The Labute approximate surface area is 152 Å². The fraction of sp³-hybridized carbons (Fsp3) is 0.556. The number of hydrogen-bond donors (Lipinski definition) is 1. The topological polar surface area (TPSA) is 95.0 Å². The quantitative estimate of drug-likeness (QED) is 0.833. The number of sulfonamides is 1. The molecule has 1 N–H and O–H groups in total. The lowest BCUT2D eigenvalue weighted by molar-refractivity contribution is -0.142. The molecule has 0 spiro atoms. The van der Waals surface area contributed by atoms with Gasteiger partial charge in [-0.3, -0.25) is 9.59 Å². The van der Waals surface area contributed by atoms with E-state index in [2.05, 4.69) is 0 Å². The molecule has 0 bridgehead atoms. The molecule has 7 nitrogen and oxygen atoms in total. The number of aliphatic carboxylic acids is 1. The summed E-state index contributed by atoms with van der Waals surface area (Å²) in [7, 11) is -3.56. The van der Waals surface area contributed by atoms with Gasteiger partial charge in [-0.25, -0.2) is 8.42 Å². The maximum atomic E-state index is 12.9. The van der Waals surface area contributed by atoms with Crippen molar-refractivity contribution in [2.75, 3.05) is 26.2 Å². The highest BCUT2D eigenvalue weighted by Gasteiger charge is 2.50. The second kappa shape index (κ2) is 6.35. The molecule has 4 rings (SSSR count). The molecule has 1 heterocycles. The van der Waals surface area contributed by atoms with Crippen LogP contribution in [0.25, 0.3) is 0 Å². The minimum atomic E-state index is -3.56. The highest BCUT2D eigenvalue weighted by Crippen LogP contribution is 2.40. The number of benzene rings is 1. The number of carbonyl (C=O) groups is 2. The van der Waals surface area contributed by atoms with Crippen molar-refractivity contribution in [2.24, 2.45) is 11.8 Å². The summed E-state index contributed by atoms with van der Waals surface area (Å²) in [6.45, 7) is 1.11. The fourth-order valence-corrected chi connectivity index (χ4v) is 5.46. The minimum absolute atomic E-state index is 0.160. The Morgan fingerprint density at radius 2 is 1.69 bits per heavy atom. The lowest BCUT2D eigenvalue weighted by Crippen LogP contribution is -2.51. The van der Waals surface area contributed by atoms with Gasteiger partial charge in [-0.2, -0.15) is 4.31 Å². The first-order valence-corrected chi connectivity index (χ1v) is 10.5. The maximum absolute atomic E-state index is 12.9. The Morgan fingerprint density at radius 1 is 1.00 bits per heavy atom. The zero-order valence-electron chi connectivity index (χ0n) is 14.4. The number of amides is 1. The van der Waals surface area contributed by atoms with Crippen molar-refractivity contribution in [3.8, 4) is 0 Å². The van der Waals surface area contributed by atoms with E-state index in [0.29, 0.717) is 24.4 Å². The molecule has 0 aromatic heterocycles. The van der Waals surface area contributed by atoms with Crippen molar-refractivity contribution in [3.05, 3.63) is 29.3 Å². The molecule has 1 amide bonds. The van der Waals surface area contributed by atoms with Crippen LogP contribution in [0.1, 0.15) is 24.0 Å². The summed E-state index contributed by atoms with van der Waals surface area (Å²) in [5.41, 5.74) is 2.35. The Morgan fingerprint density at radius 3 is 2.35 bits per heavy atom. The number of piperazine rings is 1. The van der Waals surface area contributed by atoms with E-state index in [9.17, 15) is 18.0 Å². The first kappa shape index (κ1) is 17.5. The maximum Gasteiger partial charge on any atom is 0.307 e. The van der Waals surface area contributed by atoms with Crippen LogP contribution in [-0.4, -0.2) is 60.8 Å². The summed E-state index contributed by atoms with van der Waals surface area (Å²) in [5.74, 6) is -2.10. The molecule has 2 aliphatic carbocycles. The molecule has 140 valence electrons. The van der Waals surface area contributed by atoms with E-state index in [-0.39, 0.29) is 19.0 Å². The predicted molar refractivity (Wildman–Crippen MR) is 93.0 cm³/mol. The third-order valence-electron chi connectivity index (χ3n) is 5.68. The van der Waals surface area contributed by atoms with Crippen molar-refractivity contribution in [2.45, 2.75) is 30.6 Å². The Kier molecular flexibility index (Phi) is 4.27. The zero-order valence-corrected chi connectivity index (χ0v) is 15.2. The van der Waals surface area contributed by atoms with Gasteiger partial charge in [-0.1, -0.05) is 6.07 Å². The number of fused-ring (bicyclic) bond motifs is 1. The minimum Gasteiger partial charge on any atom is -0.481 e. The largest absolute Gasteiger partial charge is 0.481 e. The normalized spacial score (nSPS) is 25.8. The average molecular weight is 378 g/mol. The highest BCUT2D eigenvalue weighted by atomic mass is 32.2. The number of carboxylic acid groups (broad SMARTS) is 1. The predicted octanol–water partition coefficient (Wildman–Crippen LogP) is 0.729. The van der Waals surface area contributed by atoms with Crippen LogP contribution in [0.4, 0.5) is 0 Å². The second-order valence-electron chi connectivity index (χ2n) is 7.30. The Bertz CT molecular complexity index is 858. The van der Waals surface area contributed by atoms with Crippen molar-refractivity contribution < 1.29 is 23.1 Å². The molecule has 2 atom stereocenters. The molecule has 1 saturated carbocycles. The van der Waals surface area contributed by atoms with Crippen LogP contribution in [0.5, 0.6) is 0 Å². The first-order valence-electron chi connectivity index (χ1n) is 9.01. The zero-order chi connectivity index (χ0) is 18.5. The second-order valence-corrected chi connectivity index (χ2v) is 9.24. The van der Waals surface area contributed by atoms with E-state index < -0.39 is 27.8 Å². The molecular formula is C18H22N2O5S. The smallest absolute Gasteiger partial charge is 0.307 e. The van der Waals surface area contributed by atoms with Crippen LogP contribution < -0.4 is 0 Å². The number of nitrogens with zero attached hydrogens (tertiary/aromatic N) is 2. The van der Waals surface area contributed by atoms with Gasteiger partial charge in [0.1, 0.15) is 0 Å². The van der Waals surface area contributed by atoms with Crippen LogP contribution in [0.2, 0.25) is 0 Å². The Hall–Kier alpha value is -1.93. The summed E-state index contributed by atoms with van der Waals surface area (Å²) in [5, 5.41) is 8.95. The third-order valence-corrected chi connectivity index (χ3v) is 7.58. The molecule has 3 aliphatic rings. The SMILES string of the molecule is O=C(O)C1CC1C(=O)N1CCN(S(=O)(=O)c2ccc3c(c2)CCC3)CC1. The van der Waals surface area contributed by atoms with E-state index in [1.807, 2.05) is 6.07 Å². The molecule has 1 saturated heterocycles. The molecule has 2 fully saturated rings. The number of aryl methyl sites for hydroxylation is 2. The van der Waals surface area contributed by atoms with E-state index in [1.54, 1.807) is 17.0 Å². The number of hydrogen-bond acceptors (Lipinski definition) is 4. The molecule has 1 aliphatic heterocycles. The molecular weight excluding hydrogens is 356 g/mol. The monoisotopic (exact) mass is 378 g/mol. The van der Waals surface area contributed by atoms with E-state index in [4.69, 9.17) is 5.11 Å². The summed E-state index contributed by atoms with van der Waals surface area (Å²) >= 11 is 0. The molecule has 26 heavy (non-hydrogen) atoms. The first-order chi connectivity index (χ1) is 12.4. The van der Waals surface area contributed by atoms with E-state index >= 15 is 0 Å². The molecule has 2 unspecified atom stereocenters. The lowest BCUT2D eigenvalue weighted by Gasteiger charge is -2.34. The van der Waals surface area contributed by atoms with Crippen molar-refractivity contribution >= 4 is 21.9 Å². The van der Waals surface area contributed by atoms with Gasteiger partial charge < -0.3 is 10.0 Å². The summed E-state index contributed by atoms with van der Waals surface area (Å²) < 4.78 is 27.2. The average Bonchev–Trinajstić information content (AvgIpc) is 3.31. The standard InChI is InChI=1S/C18H22N2O5S/c21-17(15-11-16(15)18(22)23)19-6-8-20(9-7-19)26(24,25)14-5-4-12-2-1-3-13(12)10-14/h4-5,10,15-16H,1-3,6-9,11H2,(H,22,23). The van der Waals surface area contributed by atoms with Gasteiger partial charge in [0, 0.05) is 26.2 Å². The highest BCUT2D eigenvalue weighted by molar-refractivity contribution is 7.89. The van der Waals surface area contributed by atoms with Crippen LogP contribution in [-0.2, 0) is 32.5 Å². The van der Waals surface area contributed by atoms with Gasteiger partial charge in [0.05, 0.1) is 16.7 Å². The van der Waals surface area contributed by atoms with Crippen LogP contribution in [0, 0.1) is 11.8 Å². The van der Waals surface area contributed by atoms with Crippen molar-refractivity contribution in [3.63, 3.8) is 0 Å². The Balaban J connectivity index is 1.41. The lowest BCUT2D eigenvalue weighted by atomic mass is 10.1. The third kappa shape index (κ3) is 3.01. The molecule has 0 radical (unpaired) electrons. The van der Waals surface area contributed by atoms with Gasteiger partial charge in [-0.15, -0.1) is 0 Å². The van der Waals surface area contributed by atoms with Crippen LogP contribution in [0.15, 0.2) is 23.1 Å². The van der Waals surface area contributed by atoms with Crippen molar-refractivity contribution in [1.29, 1.82) is 0 Å². The van der Waals surface area contributed by atoms with E-state index in [0.717, 1.165) is 24.8 Å². The summed E-state index contributed by atoms with van der Waals surface area (Å²) in [6.07, 6.45) is 3.39. The van der Waals surface area contributed by atoms with Crippen LogP contribution in [0.3, 0.4) is 0 Å². The van der Waals surface area contributed by atoms with Crippen LogP contribution >= 0.6 is 0 Å². The fourth-order valence-electron chi connectivity index (χ4n) is 3.98. The molecule has 1 aromatic carbocycles. The molecule has 1 aromatic rings. The number of carbonyl (C=O) groups excluding carboxylic acids is 1. The van der Waals surface area contributed by atoms with Gasteiger partial charge in [-0.05, 0) is 48.9 Å². The molecule has 8 heteroatoms. The van der Waals surface area contributed by atoms with Gasteiger partial charge in [0.2, 0.25) is 15.9 Å². The van der Waals surface area contributed by atoms with Gasteiger partial charge in [0.25, 0.3) is 0 Å². The van der Waals surface area contributed by atoms with Gasteiger partial charge >= 0.3 is 5.97 Å². The summed E-state index contributed by atoms with van der Waals surface area (Å²) in [6, 6.07) is 5.38. The number of carboxylic acids is 1. The van der Waals surface area contributed by atoms with Gasteiger partial charge in [0.15, 0.2) is 0 Å². The van der Waals surface area contributed by atoms with Crippen molar-refractivity contribution in [1.82, 2.24) is 9.21 Å². The summed E-state index contributed by atoms with van der Waals surface area (Å²) in [4.78, 5) is 25.2. The number of rotatable bonds is 4. The van der Waals surface area contributed by atoms with E-state index in [1.165, 1.54) is 9.87 Å².